The highest BCUT2D eigenvalue weighted by molar-refractivity contribution is 5.97. The molecule has 1 heterocycles. The first-order valence-electron chi connectivity index (χ1n) is 6.81. The second kappa shape index (κ2) is 6.54. The maximum Gasteiger partial charge on any atom is 0.415 e. The van der Waals surface area contributed by atoms with E-state index < -0.39 is 0 Å². The van der Waals surface area contributed by atoms with E-state index in [9.17, 15) is 4.79 Å². The van der Waals surface area contributed by atoms with E-state index in [4.69, 9.17) is 14.4 Å². The number of hydrogen-bond acceptors (Lipinski definition) is 6. The first-order chi connectivity index (χ1) is 11.3. The molecule has 0 aliphatic rings. The van der Waals surface area contributed by atoms with Crippen molar-refractivity contribution in [2.75, 3.05) is 6.61 Å². The van der Waals surface area contributed by atoms with Gasteiger partial charge in [-0.2, -0.15) is 5.26 Å². The van der Waals surface area contributed by atoms with Crippen molar-refractivity contribution < 1.29 is 13.9 Å². The fourth-order valence-corrected chi connectivity index (χ4v) is 1.94. The predicted molar refractivity (Wildman–Crippen MR) is 80.7 cm³/mol. The molecular weight excluding hydrogens is 294 g/mol. The second-order valence-corrected chi connectivity index (χ2v) is 4.64. The number of aromatic nitrogens is 2. The first kappa shape index (κ1) is 14.5. The van der Waals surface area contributed by atoms with Gasteiger partial charge in [0.2, 0.25) is 0 Å². The molecule has 0 aliphatic heterocycles. The van der Waals surface area contributed by atoms with Crippen molar-refractivity contribution in [2.45, 2.75) is 0 Å². The molecule has 0 radical (unpaired) electrons. The maximum atomic E-state index is 12.0. The van der Waals surface area contributed by atoms with Crippen LogP contribution in [-0.2, 0) is 0 Å². The van der Waals surface area contributed by atoms with Gasteiger partial charge in [0, 0.05) is 11.1 Å². The minimum absolute atomic E-state index is 0.0753. The van der Waals surface area contributed by atoms with Crippen LogP contribution in [0.1, 0.15) is 15.9 Å². The minimum Gasteiger partial charge on any atom is -0.441 e. The van der Waals surface area contributed by atoms with Crippen LogP contribution in [0.15, 0.2) is 59.0 Å². The molecule has 0 spiro atoms. The van der Waals surface area contributed by atoms with Crippen LogP contribution in [0.5, 0.6) is 6.08 Å². The number of Topliss-reactive ketones (excluding diaryl/α,β-unsaturated/α-hetero) is 1. The molecule has 0 unspecified atom stereocenters. The summed E-state index contributed by atoms with van der Waals surface area (Å²) in [6, 6.07) is 17.6. The lowest BCUT2D eigenvalue weighted by atomic mass is 10.1. The van der Waals surface area contributed by atoms with Gasteiger partial charge in [-0.05, 0) is 24.3 Å². The molecule has 0 atom stereocenters. The van der Waals surface area contributed by atoms with Gasteiger partial charge in [0.1, 0.15) is 0 Å². The number of nitriles is 1. The Morgan fingerprint density at radius 1 is 1.13 bits per heavy atom. The Balaban J connectivity index is 1.66. The van der Waals surface area contributed by atoms with Crippen LogP contribution in [0.25, 0.3) is 11.5 Å². The van der Waals surface area contributed by atoms with Crippen LogP contribution in [0.3, 0.4) is 0 Å². The molecule has 0 N–H and O–H groups in total. The zero-order valence-electron chi connectivity index (χ0n) is 12.0. The Labute approximate surface area is 132 Å². The number of nitrogens with zero attached hydrogens (tertiary/aromatic N) is 3. The molecule has 0 fully saturated rings. The van der Waals surface area contributed by atoms with Crippen molar-refractivity contribution in [3.05, 3.63) is 65.7 Å². The Kier molecular flexibility index (Phi) is 4.11. The molecule has 1 aromatic heterocycles. The zero-order chi connectivity index (χ0) is 16.1. The average molecular weight is 305 g/mol. The minimum atomic E-state index is -0.276. The molecule has 112 valence electrons. The van der Waals surface area contributed by atoms with E-state index in [2.05, 4.69) is 10.2 Å². The largest absolute Gasteiger partial charge is 0.441 e. The Morgan fingerprint density at radius 2 is 1.96 bits per heavy atom. The summed E-state index contributed by atoms with van der Waals surface area (Å²) in [7, 11) is 0. The van der Waals surface area contributed by atoms with Crippen LogP contribution in [-0.4, -0.2) is 22.6 Å². The molecular formula is C17H11N3O3. The molecule has 0 amide bonds. The fraction of sp³-hybridized carbons (Fsp3) is 0.0588. The third kappa shape index (κ3) is 3.41. The van der Waals surface area contributed by atoms with Crippen molar-refractivity contribution in [3.63, 3.8) is 0 Å². The maximum absolute atomic E-state index is 12.0. The summed E-state index contributed by atoms with van der Waals surface area (Å²) in [5.74, 6) is 0.0427. The van der Waals surface area contributed by atoms with Gasteiger partial charge in [-0.15, -0.1) is 5.10 Å². The molecule has 2 aromatic carbocycles. The van der Waals surface area contributed by atoms with Gasteiger partial charge >= 0.3 is 6.08 Å². The first-order valence-corrected chi connectivity index (χ1v) is 6.81. The van der Waals surface area contributed by atoms with E-state index >= 15 is 0 Å². The molecule has 23 heavy (non-hydrogen) atoms. The van der Waals surface area contributed by atoms with E-state index in [1.165, 1.54) is 6.07 Å². The fourth-order valence-electron chi connectivity index (χ4n) is 1.94. The van der Waals surface area contributed by atoms with Crippen LogP contribution < -0.4 is 4.74 Å². The van der Waals surface area contributed by atoms with Gasteiger partial charge in [-0.25, -0.2) is 0 Å². The highest BCUT2D eigenvalue weighted by atomic mass is 16.6. The van der Waals surface area contributed by atoms with Crippen molar-refractivity contribution in [3.8, 4) is 23.6 Å². The van der Waals surface area contributed by atoms with Crippen molar-refractivity contribution >= 4 is 5.78 Å². The molecule has 0 aliphatic carbocycles. The van der Waals surface area contributed by atoms with E-state index in [0.29, 0.717) is 17.0 Å². The molecule has 0 saturated carbocycles. The molecule has 3 aromatic rings. The summed E-state index contributed by atoms with van der Waals surface area (Å²) in [5.41, 5.74) is 1.58. The molecule has 3 rings (SSSR count). The third-order valence-corrected chi connectivity index (χ3v) is 3.07. The number of rotatable bonds is 5. The van der Waals surface area contributed by atoms with Crippen molar-refractivity contribution in [1.29, 1.82) is 5.26 Å². The van der Waals surface area contributed by atoms with Gasteiger partial charge < -0.3 is 9.15 Å². The lowest BCUT2D eigenvalue weighted by Gasteiger charge is -2.01. The van der Waals surface area contributed by atoms with Gasteiger partial charge in [0.05, 0.1) is 11.6 Å². The van der Waals surface area contributed by atoms with Crippen molar-refractivity contribution in [1.82, 2.24) is 10.2 Å². The summed E-state index contributed by atoms with van der Waals surface area (Å²) in [5, 5.41) is 16.5. The standard InChI is InChI=1S/C17H11N3O3/c18-10-12-5-4-8-14(9-12)15(21)11-22-17-20-19-16(23-17)13-6-2-1-3-7-13/h1-9H,11H2. The highest BCUT2D eigenvalue weighted by Crippen LogP contribution is 2.20. The number of hydrogen-bond donors (Lipinski definition) is 0. The van der Waals surface area contributed by atoms with Crippen LogP contribution >= 0.6 is 0 Å². The number of benzene rings is 2. The van der Waals surface area contributed by atoms with Gasteiger partial charge in [0.15, 0.2) is 12.4 Å². The lowest BCUT2D eigenvalue weighted by molar-refractivity contribution is 0.0894. The number of ketones is 1. The van der Waals surface area contributed by atoms with Gasteiger partial charge in [-0.3, -0.25) is 4.79 Å². The summed E-state index contributed by atoms with van der Waals surface area (Å²) < 4.78 is 10.6. The van der Waals surface area contributed by atoms with E-state index in [1.807, 2.05) is 36.4 Å². The normalized spacial score (nSPS) is 10.0. The predicted octanol–water partition coefficient (Wildman–Crippen LogP) is 2.87. The lowest BCUT2D eigenvalue weighted by Crippen LogP contribution is -2.11. The van der Waals surface area contributed by atoms with E-state index in [-0.39, 0.29) is 18.5 Å². The summed E-state index contributed by atoms with van der Waals surface area (Å²) >= 11 is 0. The third-order valence-electron chi connectivity index (χ3n) is 3.07. The Morgan fingerprint density at radius 3 is 2.74 bits per heavy atom. The quantitative estimate of drug-likeness (QED) is 0.673. The molecule has 0 saturated heterocycles. The van der Waals surface area contributed by atoms with Gasteiger partial charge in [-0.1, -0.05) is 35.4 Å². The number of ether oxygens (including phenoxy) is 1. The summed E-state index contributed by atoms with van der Waals surface area (Å²) in [4.78, 5) is 12.0. The molecule has 6 nitrogen and oxygen atoms in total. The topological polar surface area (TPSA) is 89.0 Å². The smallest absolute Gasteiger partial charge is 0.415 e. The second-order valence-electron chi connectivity index (χ2n) is 4.64. The van der Waals surface area contributed by atoms with Crippen molar-refractivity contribution in [2.24, 2.45) is 0 Å². The number of carbonyl (C=O) groups excluding carboxylic acids is 1. The zero-order valence-corrected chi connectivity index (χ0v) is 12.0. The Hall–Kier alpha value is -3.46. The SMILES string of the molecule is N#Cc1cccc(C(=O)COc2nnc(-c3ccccc3)o2)c1. The Bertz CT molecular complexity index is 866. The average Bonchev–Trinajstić information content (AvgIpc) is 3.09. The van der Waals surface area contributed by atoms with E-state index in [1.54, 1.807) is 18.2 Å². The summed E-state index contributed by atoms with van der Waals surface area (Å²) in [6.07, 6.45) is -0.0753. The van der Waals surface area contributed by atoms with Gasteiger partial charge in [0.25, 0.3) is 5.89 Å². The highest BCUT2D eigenvalue weighted by Gasteiger charge is 2.12. The van der Waals surface area contributed by atoms with Crippen LogP contribution in [0.2, 0.25) is 0 Å². The van der Waals surface area contributed by atoms with Crippen LogP contribution in [0.4, 0.5) is 0 Å². The summed E-state index contributed by atoms with van der Waals surface area (Å²) in [6.45, 7) is -0.245. The van der Waals surface area contributed by atoms with Crippen LogP contribution in [0, 0.1) is 11.3 Å². The van der Waals surface area contributed by atoms with E-state index in [0.717, 1.165) is 5.56 Å². The monoisotopic (exact) mass is 305 g/mol. The molecule has 0 bridgehead atoms. The number of carbonyl (C=O) groups is 1. The molecule has 6 heteroatoms.